The Hall–Kier alpha value is -1.04. The lowest BCUT2D eigenvalue weighted by atomic mass is 9.88. The van der Waals surface area contributed by atoms with Crippen LogP contribution in [0.4, 0.5) is 0 Å². The van der Waals surface area contributed by atoms with Crippen LogP contribution in [0.2, 0.25) is 19.6 Å². The second-order valence-corrected chi connectivity index (χ2v) is 11.5. The Morgan fingerprint density at radius 2 is 1.70 bits per heavy atom. The number of rotatable bonds is 3. The summed E-state index contributed by atoms with van der Waals surface area (Å²) in [6.45, 7) is 7.69. The summed E-state index contributed by atoms with van der Waals surface area (Å²) in [6, 6.07) is 10.4. The zero-order valence-corrected chi connectivity index (χ0v) is 14.0. The van der Waals surface area contributed by atoms with Crippen LogP contribution < -0.4 is 0 Å². The molecule has 2 rings (SSSR count). The summed E-state index contributed by atoms with van der Waals surface area (Å²) in [5.74, 6) is 4.12. The molecule has 0 unspecified atom stereocenters. The molecular weight excluding hydrogens is 260 g/mol. The number of benzene rings is 1. The van der Waals surface area contributed by atoms with E-state index in [-0.39, 0.29) is 0 Å². The molecule has 1 nitrogen and oxygen atoms in total. The van der Waals surface area contributed by atoms with E-state index in [0.29, 0.717) is 12.0 Å². The van der Waals surface area contributed by atoms with Crippen molar-refractivity contribution < 1.29 is 4.74 Å². The Kier molecular flexibility index (Phi) is 5.45. The van der Waals surface area contributed by atoms with Gasteiger partial charge in [0.05, 0.1) is 12.7 Å². The minimum absolute atomic E-state index is 0.431. The summed E-state index contributed by atoms with van der Waals surface area (Å²) in [5, 5.41) is 0. The monoisotopic (exact) mass is 286 g/mol. The zero-order chi connectivity index (χ0) is 14.4. The zero-order valence-electron chi connectivity index (χ0n) is 13.0. The molecule has 1 aliphatic carbocycles. The first-order chi connectivity index (χ1) is 9.53. The van der Waals surface area contributed by atoms with Gasteiger partial charge in [-0.3, -0.25) is 0 Å². The van der Waals surface area contributed by atoms with Crippen molar-refractivity contribution in [2.45, 2.75) is 58.0 Å². The van der Waals surface area contributed by atoms with Crippen LogP contribution in [0.3, 0.4) is 0 Å². The summed E-state index contributed by atoms with van der Waals surface area (Å²) in [6.07, 6.45) is 5.17. The SMILES string of the molecule is C[Si](C)(C)C#CC1CCC(OCc2ccccc2)CC1. The minimum Gasteiger partial charge on any atom is -0.374 e. The van der Waals surface area contributed by atoms with Crippen molar-refractivity contribution in [1.82, 2.24) is 0 Å². The molecule has 0 heterocycles. The van der Waals surface area contributed by atoms with E-state index >= 15 is 0 Å². The van der Waals surface area contributed by atoms with E-state index in [4.69, 9.17) is 4.74 Å². The highest BCUT2D eigenvalue weighted by atomic mass is 28.3. The molecule has 108 valence electrons. The van der Waals surface area contributed by atoms with Gasteiger partial charge in [-0.15, -0.1) is 11.5 Å². The van der Waals surface area contributed by atoms with E-state index in [1.54, 1.807) is 0 Å². The Labute approximate surface area is 124 Å². The maximum atomic E-state index is 6.02. The van der Waals surface area contributed by atoms with E-state index in [1.807, 2.05) is 6.07 Å². The maximum absolute atomic E-state index is 6.02. The van der Waals surface area contributed by atoms with Crippen molar-refractivity contribution in [3.8, 4) is 11.5 Å². The Morgan fingerprint density at radius 3 is 2.30 bits per heavy atom. The van der Waals surface area contributed by atoms with Crippen molar-refractivity contribution in [3.05, 3.63) is 35.9 Å². The third-order valence-electron chi connectivity index (χ3n) is 3.65. The molecule has 0 bridgehead atoms. The van der Waals surface area contributed by atoms with E-state index in [2.05, 4.69) is 55.4 Å². The van der Waals surface area contributed by atoms with Gasteiger partial charge in [0.2, 0.25) is 0 Å². The summed E-state index contributed by atoms with van der Waals surface area (Å²) < 4.78 is 6.02. The van der Waals surface area contributed by atoms with Crippen LogP contribution in [0.15, 0.2) is 30.3 Å². The van der Waals surface area contributed by atoms with Crippen LogP contribution in [0.1, 0.15) is 31.2 Å². The Bertz CT molecular complexity index is 456. The molecule has 0 atom stereocenters. The van der Waals surface area contributed by atoms with Crippen LogP contribution in [0.25, 0.3) is 0 Å². The maximum Gasteiger partial charge on any atom is 0.129 e. The van der Waals surface area contributed by atoms with E-state index < -0.39 is 8.07 Å². The first kappa shape index (κ1) is 15.3. The van der Waals surface area contributed by atoms with Gasteiger partial charge in [-0.25, -0.2) is 0 Å². The van der Waals surface area contributed by atoms with Gasteiger partial charge in [-0.05, 0) is 31.2 Å². The minimum atomic E-state index is -1.21. The second kappa shape index (κ2) is 7.11. The molecule has 0 N–H and O–H groups in total. The Balaban J connectivity index is 1.73. The standard InChI is InChI=1S/C18H26OSi/c1-20(2,3)14-13-16-9-11-18(12-10-16)19-15-17-7-5-4-6-8-17/h4-8,16,18H,9-12,15H2,1-3H3. The fourth-order valence-corrected chi connectivity index (χ4v) is 3.12. The molecular formula is C18H26OSi. The van der Waals surface area contributed by atoms with Gasteiger partial charge in [0.15, 0.2) is 0 Å². The molecule has 1 saturated carbocycles. The third-order valence-corrected chi connectivity index (χ3v) is 4.55. The summed E-state index contributed by atoms with van der Waals surface area (Å²) in [5.41, 5.74) is 4.78. The van der Waals surface area contributed by atoms with Crippen LogP contribution >= 0.6 is 0 Å². The molecule has 0 aromatic heterocycles. The quantitative estimate of drug-likeness (QED) is 0.581. The second-order valence-electron chi connectivity index (χ2n) is 6.79. The topological polar surface area (TPSA) is 9.23 Å². The average molecular weight is 286 g/mol. The molecule has 0 radical (unpaired) electrons. The van der Waals surface area contributed by atoms with Gasteiger partial charge in [0, 0.05) is 5.92 Å². The average Bonchev–Trinajstić information content (AvgIpc) is 2.44. The molecule has 0 aliphatic heterocycles. The smallest absolute Gasteiger partial charge is 0.129 e. The largest absolute Gasteiger partial charge is 0.374 e. The molecule has 0 amide bonds. The highest BCUT2D eigenvalue weighted by molar-refractivity contribution is 6.83. The third kappa shape index (κ3) is 5.52. The van der Waals surface area contributed by atoms with E-state index in [1.165, 1.54) is 18.4 Å². The lowest BCUT2D eigenvalue weighted by Crippen LogP contribution is -2.22. The Morgan fingerprint density at radius 1 is 1.05 bits per heavy atom. The highest BCUT2D eigenvalue weighted by Gasteiger charge is 2.20. The van der Waals surface area contributed by atoms with Gasteiger partial charge in [0.25, 0.3) is 0 Å². The van der Waals surface area contributed by atoms with Crippen molar-refractivity contribution in [1.29, 1.82) is 0 Å². The molecule has 1 aromatic rings. The highest BCUT2D eigenvalue weighted by Crippen LogP contribution is 2.26. The molecule has 0 spiro atoms. The lowest BCUT2D eigenvalue weighted by Gasteiger charge is -2.26. The molecule has 2 heteroatoms. The fraction of sp³-hybridized carbons (Fsp3) is 0.556. The van der Waals surface area contributed by atoms with Crippen molar-refractivity contribution >= 4 is 8.07 Å². The molecule has 1 fully saturated rings. The predicted octanol–water partition coefficient (Wildman–Crippen LogP) is 4.64. The van der Waals surface area contributed by atoms with Crippen molar-refractivity contribution in [3.63, 3.8) is 0 Å². The number of ether oxygens (including phenoxy) is 1. The van der Waals surface area contributed by atoms with Crippen LogP contribution in [-0.4, -0.2) is 14.2 Å². The summed E-state index contributed by atoms with van der Waals surface area (Å²) in [4.78, 5) is 0. The van der Waals surface area contributed by atoms with Crippen molar-refractivity contribution in [2.75, 3.05) is 0 Å². The molecule has 1 aliphatic rings. The number of hydrogen-bond acceptors (Lipinski definition) is 1. The summed E-state index contributed by atoms with van der Waals surface area (Å²) in [7, 11) is -1.21. The van der Waals surface area contributed by atoms with Crippen LogP contribution in [0.5, 0.6) is 0 Å². The van der Waals surface area contributed by atoms with Crippen LogP contribution in [0, 0.1) is 17.4 Å². The normalized spacial score (nSPS) is 22.9. The van der Waals surface area contributed by atoms with Crippen molar-refractivity contribution in [2.24, 2.45) is 5.92 Å². The van der Waals surface area contributed by atoms with Gasteiger partial charge >= 0.3 is 0 Å². The molecule has 1 aromatic carbocycles. The summed E-state index contributed by atoms with van der Waals surface area (Å²) >= 11 is 0. The van der Waals surface area contributed by atoms with Crippen LogP contribution in [-0.2, 0) is 11.3 Å². The van der Waals surface area contributed by atoms with E-state index in [0.717, 1.165) is 19.4 Å². The van der Waals surface area contributed by atoms with Gasteiger partial charge in [-0.2, -0.15) is 0 Å². The molecule has 0 saturated heterocycles. The fourth-order valence-electron chi connectivity index (χ4n) is 2.48. The lowest BCUT2D eigenvalue weighted by molar-refractivity contribution is 0.0117. The van der Waals surface area contributed by atoms with E-state index in [9.17, 15) is 0 Å². The van der Waals surface area contributed by atoms with Gasteiger partial charge < -0.3 is 4.74 Å². The van der Waals surface area contributed by atoms with Gasteiger partial charge in [0.1, 0.15) is 8.07 Å². The number of hydrogen-bond donors (Lipinski definition) is 0. The first-order valence-corrected chi connectivity index (χ1v) is 11.2. The predicted molar refractivity (Wildman–Crippen MR) is 88.1 cm³/mol. The first-order valence-electron chi connectivity index (χ1n) is 7.71. The van der Waals surface area contributed by atoms with Gasteiger partial charge in [-0.1, -0.05) is 50.0 Å². The molecule has 20 heavy (non-hydrogen) atoms.